The van der Waals surface area contributed by atoms with E-state index in [0.29, 0.717) is 23.3 Å². The zero-order valence-electron chi connectivity index (χ0n) is 16.5. The standard InChI is InChI=1S/C20H22N2O6S2/c1-3-27-18-10-11-19(17-5-4-12-21-20(17)18)29(23,24)22-13-14-28-30(25,26)16-8-6-15(2)7-9-16/h4-12,22H,3,13-14H2,1-2H3. The summed E-state index contributed by atoms with van der Waals surface area (Å²) in [6.45, 7) is 3.52. The molecule has 3 aromatic rings. The molecule has 0 radical (unpaired) electrons. The number of nitrogens with one attached hydrogen (secondary N) is 1. The van der Waals surface area contributed by atoms with Gasteiger partial charge in [0.1, 0.15) is 11.3 Å². The van der Waals surface area contributed by atoms with E-state index in [-0.39, 0.29) is 22.9 Å². The molecule has 0 unspecified atom stereocenters. The van der Waals surface area contributed by atoms with E-state index in [4.69, 9.17) is 8.92 Å². The molecule has 0 saturated carbocycles. The van der Waals surface area contributed by atoms with Gasteiger partial charge < -0.3 is 4.74 Å². The number of ether oxygens (including phenoxy) is 1. The van der Waals surface area contributed by atoms with Crippen LogP contribution in [0.2, 0.25) is 0 Å². The van der Waals surface area contributed by atoms with Gasteiger partial charge in [-0.15, -0.1) is 0 Å². The van der Waals surface area contributed by atoms with Crippen LogP contribution in [-0.4, -0.2) is 41.6 Å². The Balaban J connectivity index is 1.72. The molecule has 8 nitrogen and oxygen atoms in total. The van der Waals surface area contributed by atoms with E-state index in [1.54, 1.807) is 36.5 Å². The summed E-state index contributed by atoms with van der Waals surface area (Å²) in [7, 11) is -7.89. The van der Waals surface area contributed by atoms with Gasteiger partial charge in [0.05, 0.1) is 23.0 Å². The summed E-state index contributed by atoms with van der Waals surface area (Å²) < 4.78 is 62.7. The van der Waals surface area contributed by atoms with E-state index in [2.05, 4.69) is 9.71 Å². The zero-order valence-corrected chi connectivity index (χ0v) is 18.2. The number of nitrogens with zero attached hydrogens (tertiary/aromatic N) is 1. The Morgan fingerprint density at radius 2 is 1.73 bits per heavy atom. The number of fused-ring (bicyclic) bond motifs is 1. The van der Waals surface area contributed by atoms with Gasteiger partial charge in [0.25, 0.3) is 10.1 Å². The van der Waals surface area contributed by atoms with Gasteiger partial charge in [0, 0.05) is 18.1 Å². The molecule has 10 heteroatoms. The second kappa shape index (κ2) is 9.09. The summed E-state index contributed by atoms with van der Waals surface area (Å²) in [5.74, 6) is 0.486. The fraction of sp³-hybridized carbons (Fsp3) is 0.250. The third-order valence-electron chi connectivity index (χ3n) is 4.22. The number of sulfonamides is 1. The minimum atomic E-state index is -3.97. The molecule has 0 aliphatic heterocycles. The lowest BCUT2D eigenvalue weighted by atomic mass is 10.2. The van der Waals surface area contributed by atoms with Crippen molar-refractivity contribution in [3.63, 3.8) is 0 Å². The maximum absolute atomic E-state index is 12.8. The number of hydrogen-bond acceptors (Lipinski definition) is 7. The van der Waals surface area contributed by atoms with Gasteiger partial charge in [-0.25, -0.2) is 13.1 Å². The monoisotopic (exact) mass is 450 g/mol. The Morgan fingerprint density at radius 3 is 2.43 bits per heavy atom. The van der Waals surface area contributed by atoms with E-state index in [0.717, 1.165) is 5.56 Å². The number of aromatic nitrogens is 1. The largest absolute Gasteiger partial charge is 0.492 e. The summed E-state index contributed by atoms with van der Waals surface area (Å²) in [6.07, 6.45) is 1.55. The first-order valence-electron chi connectivity index (χ1n) is 9.21. The van der Waals surface area contributed by atoms with Gasteiger partial charge in [-0.1, -0.05) is 17.7 Å². The van der Waals surface area contributed by atoms with E-state index in [1.807, 2.05) is 13.8 Å². The molecule has 1 aromatic heterocycles. The number of benzene rings is 2. The van der Waals surface area contributed by atoms with Crippen LogP contribution in [0.15, 0.2) is 64.5 Å². The van der Waals surface area contributed by atoms with Gasteiger partial charge in [-0.3, -0.25) is 9.17 Å². The van der Waals surface area contributed by atoms with Gasteiger partial charge in [-0.05, 0) is 50.2 Å². The van der Waals surface area contributed by atoms with Crippen molar-refractivity contribution in [1.82, 2.24) is 9.71 Å². The first-order chi connectivity index (χ1) is 14.2. The first-order valence-corrected chi connectivity index (χ1v) is 12.1. The molecule has 0 saturated heterocycles. The molecule has 0 spiro atoms. The van der Waals surface area contributed by atoms with Crippen molar-refractivity contribution in [3.05, 3.63) is 60.3 Å². The average Bonchev–Trinajstić information content (AvgIpc) is 2.72. The van der Waals surface area contributed by atoms with Crippen LogP contribution in [0.3, 0.4) is 0 Å². The fourth-order valence-electron chi connectivity index (χ4n) is 2.81. The first kappa shape index (κ1) is 22.2. The lowest BCUT2D eigenvalue weighted by molar-refractivity contribution is 0.322. The van der Waals surface area contributed by atoms with Crippen molar-refractivity contribution < 1.29 is 25.8 Å². The van der Waals surface area contributed by atoms with Crippen LogP contribution in [-0.2, 0) is 24.3 Å². The molecule has 160 valence electrons. The molecule has 1 heterocycles. The molecule has 2 aromatic carbocycles. The highest BCUT2D eigenvalue weighted by Crippen LogP contribution is 2.29. The van der Waals surface area contributed by atoms with Crippen molar-refractivity contribution in [3.8, 4) is 5.75 Å². The van der Waals surface area contributed by atoms with Crippen molar-refractivity contribution >= 4 is 31.0 Å². The molecule has 3 rings (SSSR count). The van der Waals surface area contributed by atoms with E-state index >= 15 is 0 Å². The fourth-order valence-corrected chi connectivity index (χ4v) is 4.92. The molecule has 30 heavy (non-hydrogen) atoms. The van der Waals surface area contributed by atoms with Crippen LogP contribution in [0.25, 0.3) is 10.9 Å². The van der Waals surface area contributed by atoms with Gasteiger partial charge in [-0.2, -0.15) is 8.42 Å². The van der Waals surface area contributed by atoms with Crippen LogP contribution in [0.1, 0.15) is 12.5 Å². The Hall–Kier alpha value is -2.53. The molecule has 0 fully saturated rings. The number of rotatable bonds is 9. The Bertz CT molecular complexity index is 1240. The summed E-state index contributed by atoms with van der Waals surface area (Å²) in [4.78, 5) is 4.26. The predicted molar refractivity (Wildman–Crippen MR) is 112 cm³/mol. The highest BCUT2D eigenvalue weighted by Gasteiger charge is 2.20. The average molecular weight is 451 g/mol. The molecule has 0 amide bonds. The van der Waals surface area contributed by atoms with Crippen molar-refractivity contribution in [2.24, 2.45) is 0 Å². The number of hydrogen-bond donors (Lipinski definition) is 1. The lowest BCUT2D eigenvalue weighted by Crippen LogP contribution is -2.28. The summed E-state index contributed by atoms with van der Waals surface area (Å²) in [5.41, 5.74) is 1.35. The maximum atomic E-state index is 12.8. The SMILES string of the molecule is CCOc1ccc(S(=O)(=O)NCCOS(=O)(=O)c2ccc(C)cc2)c2cccnc12. The predicted octanol–water partition coefficient (Wildman–Crippen LogP) is 2.63. The van der Waals surface area contributed by atoms with Crippen LogP contribution >= 0.6 is 0 Å². The maximum Gasteiger partial charge on any atom is 0.297 e. The van der Waals surface area contributed by atoms with Crippen molar-refractivity contribution in [2.75, 3.05) is 19.8 Å². The summed E-state index contributed by atoms with van der Waals surface area (Å²) in [5, 5.41) is 0.407. The third kappa shape index (κ3) is 4.96. The number of aryl methyl sites for hydroxylation is 1. The van der Waals surface area contributed by atoms with Crippen molar-refractivity contribution in [1.29, 1.82) is 0 Å². The lowest BCUT2D eigenvalue weighted by Gasteiger charge is -2.12. The Morgan fingerprint density at radius 1 is 1.00 bits per heavy atom. The molecule has 0 atom stereocenters. The minimum Gasteiger partial charge on any atom is -0.492 e. The quantitative estimate of drug-likeness (QED) is 0.394. The van der Waals surface area contributed by atoms with E-state index < -0.39 is 20.1 Å². The second-order valence-electron chi connectivity index (χ2n) is 6.38. The van der Waals surface area contributed by atoms with E-state index in [1.165, 1.54) is 18.2 Å². The summed E-state index contributed by atoms with van der Waals surface area (Å²) >= 11 is 0. The minimum absolute atomic E-state index is 0.0135. The number of pyridine rings is 1. The smallest absolute Gasteiger partial charge is 0.297 e. The van der Waals surface area contributed by atoms with Crippen LogP contribution in [0, 0.1) is 6.92 Å². The van der Waals surface area contributed by atoms with Gasteiger partial charge in [0.2, 0.25) is 10.0 Å². The van der Waals surface area contributed by atoms with Gasteiger partial charge in [0.15, 0.2) is 0 Å². The van der Waals surface area contributed by atoms with Crippen molar-refractivity contribution in [2.45, 2.75) is 23.6 Å². The third-order valence-corrected chi connectivity index (χ3v) is 7.07. The molecule has 0 aliphatic carbocycles. The second-order valence-corrected chi connectivity index (χ2v) is 9.73. The summed E-state index contributed by atoms with van der Waals surface area (Å²) in [6, 6.07) is 12.4. The molecule has 0 bridgehead atoms. The highest BCUT2D eigenvalue weighted by molar-refractivity contribution is 7.89. The highest BCUT2D eigenvalue weighted by atomic mass is 32.2. The van der Waals surface area contributed by atoms with Crippen LogP contribution in [0.4, 0.5) is 0 Å². The molecular weight excluding hydrogens is 428 g/mol. The Kier molecular flexibility index (Phi) is 6.71. The molecular formula is C20H22N2O6S2. The topological polar surface area (TPSA) is 112 Å². The normalized spacial score (nSPS) is 12.2. The van der Waals surface area contributed by atoms with E-state index in [9.17, 15) is 16.8 Å². The van der Waals surface area contributed by atoms with Gasteiger partial charge >= 0.3 is 0 Å². The Labute approximate surface area is 176 Å². The van der Waals surface area contributed by atoms with Crippen LogP contribution < -0.4 is 9.46 Å². The van der Waals surface area contributed by atoms with Crippen LogP contribution in [0.5, 0.6) is 5.75 Å². The molecule has 0 aliphatic rings. The molecule has 1 N–H and O–H groups in total. The zero-order chi connectivity index (χ0) is 21.8.